The van der Waals surface area contributed by atoms with E-state index in [-0.39, 0.29) is 12.3 Å². The number of hydrogen-bond acceptors (Lipinski definition) is 6. The average molecular weight is 408 g/mol. The molecule has 27 heavy (non-hydrogen) atoms. The van der Waals surface area contributed by atoms with Crippen LogP contribution in [0, 0.1) is 0 Å². The molecule has 0 radical (unpaired) electrons. The predicted octanol–water partition coefficient (Wildman–Crippen LogP) is 3.73. The summed E-state index contributed by atoms with van der Waals surface area (Å²) in [6.07, 6.45) is 4.04. The number of thiazole rings is 1. The van der Waals surface area contributed by atoms with Crippen molar-refractivity contribution in [2.45, 2.75) is 32.2 Å². The molecule has 6 nitrogen and oxygen atoms in total. The molecule has 0 saturated carbocycles. The Morgan fingerprint density at radius 1 is 1.22 bits per heavy atom. The van der Waals surface area contributed by atoms with Crippen LogP contribution < -0.4 is 14.8 Å². The van der Waals surface area contributed by atoms with E-state index < -0.39 is 0 Å². The van der Waals surface area contributed by atoms with E-state index in [4.69, 9.17) is 21.1 Å². The van der Waals surface area contributed by atoms with Crippen molar-refractivity contribution in [3.05, 3.63) is 33.8 Å². The average Bonchev–Trinajstić information content (AvgIpc) is 3.09. The molecule has 4 rings (SSSR count). The van der Waals surface area contributed by atoms with E-state index in [1.54, 1.807) is 6.07 Å². The molecule has 1 fully saturated rings. The lowest BCUT2D eigenvalue weighted by atomic mass is 10.1. The molecule has 1 saturated heterocycles. The smallest absolute Gasteiger partial charge is 0.230 e. The number of rotatable bonds is 5. The van der Waals surface area contributed by atoms with E-state index >= 15 is 0 Å². The van der Waals surface area contributed by atoms with Crippen LogP contribution in [-0.4, -0.2) is 42.1 Å². The molecular formula is C19H22ClN3O3S. The van der Waals surface area contributed by atoms with Crippen LogP contribution in [0.4, 0.5) is 5.13 Å². The summed E-state index contributed by atoms with van der Waals surface area (Å²) < 4.78 is 11.1. The van der Waals surface area contributed by atoms with Crippen LogP contribution in [0.25, 0.3) is 0 Å². The van der Waals surface area contributed by atoms with Crippen molar-refractivity contribution >= 4 is 34.0 Å². The molecular weight excluding hydrogens is 386 g/mol. The number of amides is 1. The second kappa shape index (κ2) is 8.46. The number of benzene rings is 1. The number of nitrogens with zero attached hydrogens (tertiary/aromatic N) is 2. The number of hydrogen-bond donors (Lipinski definition) is 1. The maximum atomic E-state index is 12.4. The Labute approximate surface area is 167 Å². The van der Waals surface area contributed by atoms with Gasteiger partial charge in [0.05, 0.1) is 17.1 Å². The summed E-state index contributed by atoms with van der Waals surface area (Å²) in [7, 11) is 0. The molecule has 1 aromatic heterocycles. The van der Waals surface area contributed by atoms with E-state index in [0.29, 0.717) is 34.9 Å². The third kappa shape index (κ3) is 4.72. The van der Waals surface area contributed by atoms with Gasteiger partial charge in [0.15, 0.2) is 16.6 Å². The highest BCUT2D eigenvalue weighted by molar-refractivity contribution is 7.13. The largest absolute Gasteiger partial charge is 0.486 e. The lowest BCUT2D eigenvalue weighted by molar-refractivity contribution is -0.115. The topological polar surface area (TPSA) is 63.7 Å². The second-order valence-corrected chi connectivity index (χ2v) is 8.07. The first-order chi connectivity index (χ1) is 13.2. The number of halogens is 1. The number of fused-ring (bicyclic) bond motifs is 1. The fourth-order valence-electron chi connectivity index (χ4n) is 3.40. The van der Waals surface area contributed by atoms with E-state index in [2.05, 4.69) is 15.2 Å². The monoisotopic (exact) mass is 407 g/mol. The number of ether oxygens (including phenoxy) is 2. The molecule has 1 amide bonds. The lowest BCUT2D eigenvalue weighted by Gasteiger charge is -2.25. The van der Waals surface area contributed by atoms with Gasteiger partial charge in [0.2, 0.25) is 5.91 Å². The first-order valence-corrected chi connectivity index (χ1v) is 10.5. The van der Waals surface area contributed by atoms with Gasteiger partial charge in [-0.25, -0.2) is 4.98 Å². The van der Waals surface area contributed by atoms with Gasteiger partial charge in [-0.2, -0.15) is 0 Å². The van der Waals surface area contributed by atoms with Crippen molar-refractivity contribution < 1.29 is 14.3 Å². The second-order valence-electron chi connectivity index (χ2n) is 6.81. The summed E-state index contributed by atoms with van der Waals surface area (Å²) in [5, 5.41) is 6.00. The maximum absolute atomic E-state index is 12.4. The van der Waals surface area contributed by atoms with Crippen LogP contribution in [0.15, 0.2) is 17.5 Å². The third-order valence-corrected chi connectivity index (χ3v) is 5.74. The summed E-state index contributed by atoms with van der Waals surface area (Å²) in [6, 6.07) is 3.56. The zero-order valence-corrected chi connectivity index (χ0v) is 16.6. The van der Waals surface area contributed by atoms with Gasteiger partial charge in [-0.15, -0.1) is 11.3 Å². The zero-order chi connectivity index (χ0) is 18.6. The standard InChI is InChI=1S/C19H22ClN3O3S/c20-15-8-13(9-16-18(15)26-7-6-25-16)10-17(24)22-19-21-14(12-27-19)11-23-4-2-1-3-5-23/h8-9,12H,1-7,10-11H2,(H,21,22,24). The molecule has 0 unspecified atom stereocenters. The summed E-state index contributed by atoms with van der Waals surface area (Å²) in [5.74, 6) is 1.02. The van der Waals surface area contributed by atoms with Gasteiger partial charge in [0.1, 0.15) is 13.2 Å². The summed E-state index contributed by atoms with van der Waals surface area (Å²) in [4.78, 5) is 19.4. The predicted molar refractivity (Wildman–Crippen MR) is 106 cm³/mol. The Kier molecular flexibility index (Phi) is 5.80. The van der Waals surface area contributed by atoms with Gasteiger partial charge in [0, 0.05) is 11.9 Å². The van der Waals surface area contributed by atoms with E-state index in [9.17, 15) is 4.79 Å². The van der Waals surface area contributed by atoms with Gasteiger partial charge >= 0.3 is 0 Å². The molecule has 2 aliphatic heterocycles. The molecule has 2 aliphatic rings. The minimum absolute atomic E-state index is 0.124. The van der Waals surface area contributed by atoms with Crippen LogP contribution in [-0.2, 0) is 17.8 Å². The number of carbonyl (C=O) groups excluding carboxylic acids is 1. The van der Waals surface area contributed by atoms with Crippen LogP contribution in [0.1, 0.15) is 30.5 Å². The van der Waals surface area contributed by atoms with Crippen molar-refractivity contribution in [2.75, 3.05) is 31.6 Å². The van der Waals surface area contributed by atoms with Gasteiger partial charge in [-0.05, 0) is 43.6 Å². The maximum Gasteiger partial charge on any atom is 0.230 e. The lowest BCUT2D eigenvalue weighted by Crippen LogP contribution is -2.29. The summed E-state index contributed by atoms with van der Waals surface area (Å²) >= 11 is 7.70. The zero-order valence-electron chi connectivity index (χ0n) is 15.0. The highest BCUT2D eigenvalue weighted by Gasteiger charge is 2.18. The SMILES string of the molecule is O=C(Cc1cc(Cl)c2c(c1)OCCO2)Nc1nc(CN2CCCCC2)cs1. The van der Waals surface area contributed by atoms with E-state index in [0.717, 1.165) is 30.9 Å². The van der Waals surface area contributed by atoms with Crippen LogP contribution >= 0.6 is 22.9 Å². The number of anilines is 1. The van der Waals surface area contributed by atoms with Crippen molar-refractivity contribution in [3.63, 3.8) is 0 Å². The quantitative estimate of drug-likeness (QED) is 0.818. The number of nitrogens with one attached hydrogen (secondary N) is 1. The van der Waals surface area contributed by atoms with Gasteiger partial charge in [0.25, 0.3) is 0 Å². The molecule has 0 aliphatic carbocycles. The number of piperidine rings is 1. The van der Waals surface area contributed by atoms with Crippen LogP contribution in [0.5, 0.6) is 11.5 Å². The van der Waals surface area contributed by atoms with Crippen LogP contribution in [0.2, 0.25) is 5.02 Å². The first-order valence-electron chi connectivity index (χ1n) is 9.22. The number of carbonyl (C=O) groups is 1. The molecule has 2 aromatic rings. The third-order valence-electron chi connectivity index (χ3n) is 4.65. The fourth-order valence-corrected chi connectivity index (χ4v) is 4.40. The summed E-state index contributed by atoms with van der Waals surface area (Å²) in [6.45, 7) is 4.08. The molecule has 144 valence electrons. The molecule has 3 heterocycles. The van der Waals surface area contributed by atoms with Gasteiger partial charge in [-0.3, -0.25) is 9.69 Å². The van der Waals surface area contributed by atoms with Gasteiger partial charge < -0.3 is 14.8 Å². The molecule has 1 aromatic carbocycles. The minimum Gasteiger partial charge on any atom is -0.486 e. The Balaban J connectivity index is 1.35. The van der Waals surface area contributed by atoms with E-state index in [1.165, 1.54) is 30.6 Å². The highest BCUT2D eigenvalue weighted by atomic mass is 35.5. The number of aromatic nitrogens is 1. The Morgan fingerprint density at radius 3 is 2.89 bits per heavy atom. The molecule has 8 heteroatoms. The molecule has 1 N–H and O–H groups in total. The Hall–Kier alpha value is -1.83. The minimum atomic E-state index is -0.124. The van der Waals surface area contributed by atoms with E-state index in [1.807, 2.05) is 11.4 Å². The number of likely N-dealkylation sites (tertiary alicyclic amines) is 1. The molecule has 0 atom stereocenters. The van der Waals surface area contributed by atoms with Crippen LogP contribution in [0.3, 0.4) is 0 Å². The van der Waals surface area contributed by atoms with Crippen molar-refractivity contribution in [3.8, 4) is 11.5 Å². The van der Waals surface area contributed by atoms with Gasteiger partial charge in [-0.1, -0.05) is 18.0 Å². The van der Waals surface area contributed by atoms with Crippen molar-refractivity contribution in [1.82, 2.24) is 9.88 Å². The van der Waals surface area contributed by atoms with Crippen molar-refractivity contribution in [1.29, 1.82) is 0 Å². The Morgan fingerprint density at radius 2 is 2.04 bits per heavy atom. The summed E-state index contributed by atoms with van der Waals surface area (Å²) in [5.41, 5.74) is 1.80. The highest BCUT2D eigenvalue weighted by Crippen LogP contribution is 2.38. The Bertz CT molecular complexity index is 821. The normalized spacial score (nSPS) is 16.9. The first kappa shape index (κ1) is 18.5. The van der Waals surface area contributed by atoms with Crippen molar-refractivity contribution in [2.24, 2.45) is 0 Å². The molecule has 0 bridgehead atoms. The molecule has 0 spiro atoms. The fraction of sp³-hybridized carbons (Fsp3) is 0.474.